The van der Waals surface area contributed by atoms with E-state index in [0.717, 1.165) is 11.5 Å². The lowest BCUT2D eigenvalue weighted by Crippen LogP contribution is -2.20. The van der Waals surface area contributed by atoms with Crippen LogP contribution in [0, 0.1) is 0 Å². The first-order valence-corrected chi connectivity index (χ1v) is 6.72. The van der Waals surface area contributed by atoms with Crippen molar-refractivity contribution in [2.45, 2.75) is 25.9 Å². The minimum atomic E-state index is -0.0816. The molecule has 0 saturated carbocycles. The monoisotopic (exact) mass is 241 g/mol. The smallest absolute Gasteiger partial charge is 0.166 e. The Bertz CT molecular complexity index is 263. The van der Waals surface area contributed by atoms with Crippen LogP contribution in [0.4, 0.5) is 0 Å². The quantitative estimate of drug-likeness (QED) is 0.655. The molecule has 0 fully saturated rings. The Labute approximate surface area is 102 Å². The van der Waals surface area contributed by atoms with Gasteiger partial charge >= 0.3 is 0 Å². The van der Waals surface area contributed by atoms with Crippen LogP contribution in [0.25, 0.3) is 0 Å². The van der Waals surface area contributed by atoms with Crippen molar-refractivity contribution >= 4 is 11.8 Å². The lowest BCUT2D eigenvalue weighted by Gasteiger charge is -2.16. The average Bonchev–Trinajstić information content (AvgIpc) is 2.31. The molecule has 0 N–H and O–H groups in total. The third-order valence-corrected chi connectivity index (χ3v) is 3.02. The van der Waals surface area contributed by atoms with Crippen molar-refractivity contribution in [2.24, 2.45) is 0 Å². The zero-order valence-corrected chi connectivity index (χ0v) is 10.7. The fraction of sp³-hybridized carbons (Fsp3) is 0.583. The van der Waals surface area contributed by atoms with E-state index in [0.29, 0.717) is 13.2 Å². The van der Waals surface area contributed by atoms with Crippen LogP contribution in [0.1, 0.15) is 19.4 Å². The second-order valence-corrected chi connectivity index (χ2v) is 4.24. The van der Waals surface area contributed by atoms with Crippen LogP contribution >= 0.6 is 11.8 Å². The predicted molar refractivity (Wildman–Crippen MR) is 67.4 cm³/mol. The van der Waals surface area contributed by atoms with E-state index in [9.17, 15) is 0 Å². The van der Waals surface area contributed by atoms with Crippen LogP contribution < -0.4 is 0 Å². The lowest BCUT2D eigenvalue weighted by molar-refractivity contribution is -0.120. The maximum atomic E-state index is 5.46. The van der Waals surface area contributed by atoms with Crippen molar-refractivity contribution < 1.29 is 9.47 Å². The van der Waals surface area contributed by atoms with Crippen molar-refractivity contribution in [3.63, 3.8) is 0 Å². The van der Waals surface area contributed by atoms with Crippen molar-refractivity contribution in [2.75, 3.05) is 19.0 Å². The summed E-state index contributed by atoms with van der Waals surface area (Å²) in [5, 5.41) is 0. The largest absolute Gasteiger partial charge is 0.352 e. The summed E-state index contributed by atoms with van der Waals surface area (Å²) in [6.45, 7) is 5.36. The van der Waals surface area contributed by atoms with Gasteiger partial charge in [-0.25, -0.2) is 0 Å². The molecule has 0 spiro atoms. The summed E-state index contributed by atoms with van der Waals surface area (Å²) >= 11 is 1.82. The molecule has 0 bridgehead atoms. The first-order valence-electron chi connectivity index (χ1n) is 5.56. The molecule has 0 amide bonds. The molecule has 0 saturated heterocycles. The standard InChI is InChI=1S/C12H19NO2S/c1-3-14-12(15-4-2)10-16-9-11-5-7-13-8-6-11/h5-8,12H,3-4,9-10H2,1-2H3. The van der Waals surface area contributed by atoms with Gasteiger partial charge in [0, 0.05) is 37.1 Å². The number of ether oxygens (including phenoxy) is 2. The molecule has 0 radical (unpaired) electrons. The van der Waals surface area contributed by atoms with E-state index >= 15 is 0 Å². The molecule has 0 aliphatic heterocycles. The van der Waals surface area contributed by atoms with Gasteiger partial charge < -0.3 is 9.47 Å². The SMILES string of the molecule is CCOC(CSCc1ccncc1)OCC. The van der Waals surface area contributed by atoms with Gasteiger partial charge in [-0.1, -0.05) is 0 Å². The highest BCUT2D eigenvalue weighted by molar-refractivity contribution is 7.98. The van der Waals surface area contributed by atoms with E-state index in [1.165, 1.54) is 5.56 Å². The summed E-state index contributed by atoms with van der Waals surface area (Å²) in [5.41, 5.74) is 1.28. The molecular weight excluding hydrogens is 222 g/mol. The van der Waals surface area contributed by atoms with Gasteiger partial charge in [0.1, 0.15) is 0 Å². The molecule has 4 heteroatoms. The Morgan fingerprint density at radius 1 is 1.19 bits per heavy atom. The fourth-order valence-electron chi connectivity index (χ4n) is 1.27. The van der Waals surface area contributed by atoms with Gasteiger partial charge in [-0.15, -0.1) is 0 Å². The first kappa shape index (κ1) is 13.5. The summed E-state index contributed by atoms with van der Waals surface area (Å²) in [4.78, 5) is 3.99. The minimum absolute atomic E-state index is 0.0816. The molecule has 1 aromatic heterocycles. The molecule has 1 aromatic rings. The van der Waals surface area contributed by atoms with Gasteiger partial charge in [0.15, 0.2) is 6.29 Å². The zero-order valence-electron chi connectivity index (χ0n) is 9.89. The maximum Gasteiger partial charge on any atom is 0.166 e. The van der Waals surface area contributed by atoms with Gasteiger partial charge in [-0.3, -0.25) is 4.98 Å². The highest BCUT2D eigenvalue weighted by Crippen LogP contribution is 2.14. The molecule has 3 nitrogen and oxygen atoms in total. The van der Waals surface area contributed by atoms with Gasteiger partial charge in [0.05, 0.1) is 0 Å². The van der Waals surface area contributed by atoms with E-state index in [1.54, 1.807) is 0 Å². The van der Waals surface area contributed by atoms with E-state index in [-0.39, 0.29) is 6.29 Å². The van der Waals surface area contributed by atoms with Gasteiger partial charge in [-0.2, -0.15) is 11.8 Å². The summed E-state index contributed by atoms with van der Waals surface area (Å²) in [6.07, 6.45) is 3.55. The molecule has 0 aromatic carbocycles. The number of hydrogen-bond donors (Lipinski definition) is 0. The Morgan fingerprint density at radius 2 is 1.81 bits per heavy atom. The van der Waals surface area contributed by atoms with Crippen LogP contribution in [0.3, 0.4) is 0 Å². The molecule has 0 aliphatic carbocycles. The minimum Gasteiger partial charge on any atom is -0.352 e. The third-order valence-electron chi connectivity index (χ3n) is 1.98. The molecule has 0 aliphatic rings. The van der Waals surface area contributed by atoms with Crippen molar-refractivity contribution in [1.82, 2.24) is 4.98 Å². The second kappa shape index (κ2) is 8.56. The Balaban J connectivity index is 2.22. The van der Waals surface area contributed by atoms with Crippen molar-refractivity contribution in [3.8, 4) is 0 Å². The summed E-state index contributed by atoms with van der Waals surface area (Å²) < 4.78 is 10.9. The van der Waals surface area contributed by atoms with Crippen LogP contribution in [-0.4, -0.2) is 30.2 Å². The van der Waals surface area contributed by atoms with E-state index in [2.05, 4.69) is 4.98 Å². The van der Waals surface area contributed by atoms with Crippen LogP contribution in [0.2, 0.25) is 0 Å². The van der Waals surface area contributed by atoms with Gasteiger partial charge in [0.25, 0.3) is 0 Å². The second-order valence-electron chi connectivity index (χ2n) is 3.21. The number of thioether (sulfide) groups is 1. The lowest BCUT2D eigenvalue weighted by atomic mass is 10.3. The van der Waals surface area contributed by atoms with Crippen molar-refractivity contribution in [1.29, 1.82) is 0 Å². The molecule has 1 rings (SSSR count). The first-order chi connectivity index (χ1) is 7.86. The number of rotatable bonds is 8. The molecule has 90 valence electrons. The number of pyridine rings is 1. The van der Waals surface area contributed by atoms with Crippen LogP contribution in [0.5, 0.6) is 0 Å². The molecule has 16 heavy (non-hydrogen) atoms. The number of hydrogen-bond acceptors (Lipinski definition) is 4. The maximum absolute atomic E-state index is 5.46. The van der Waals surface area contributed by atoms with E-state index in [4.69, 9.17) is 9.47 Å². The normalized spacial score (nSPS) is 10.9. The van der Waals surface area contributed by atoms with Crippen LogP contribution in [-0.2, 0) is 15.2 Å². The summed E-state index contributed by atoms with van der Waals surface area (Å²) in [5.74, 6) is 1.84. The Hall–Kier alpha value is -0.580. The highest BCUT2D eigenvalue weighted by atomic mass is 32.2. The fourth-order valence-corrected chi connectivity index (χ4v) is 2.20. The Kier molecular flexibility index (Phi) is 7.21. The summed E-state index contributed by atoms with van der Waals surface area (Å²) in [7, 11) is 0. The van der Waals surface area contributed by atoms with Gasteiger partial charge in [0.2, 0.25) is 0 Å². The topological polar surface area (TPSA) is 31.4 Å². The number of aromatic nitrogens is 1. The number of nitrogens with zero attached hydrogens (tertiary/aromatic N) is 1. The summed E-state index contributed by atoms with van der Waals surface area (Å²) in [6, 6.07) is 4.06. The molecule has 0 atom stereocenters. The average molecular weight is 241 g/mol. The molecule has 0 unspecified atom stereocenters. The van der Waals surface area contributed by atoms with Crippen LogP contribution in [0.15, 0.2) is 24.5 Å². The van der Waals surface area contributed by atoms with Gasteiger partial charge in [-0.05, 0) is 31.5 Å². The predicted octanol–water partition coefficient (Wildman–Crippen LogP) is 2.71. The van der Waals surface area contributed by atoms with E-state index < -0.39 is 0 Å². The van der Waals surface area contributed by atoms with E-state index in [1.807, 2.05) is 50.1 Å². The molecule has 1 heterocycles. The van der Waals surface area contributed by atoms with Crippen molar-refractivity contribution in [3.05, 3.63) is 30.1 Å². The Morgan fingerprint density at radius 3 is 2.38 bits per heavy atom. The molecular formula is C12H19NO2S. The third kappa shape index (κ3) is 5.49. The highest BCUT2D eigenvalue weighted by Gasteiger charge is 2.07. The zero-order chi connectivity index (χ0) is 11.6.